The minimum absolute atomic E-state index is 0.0327. The fraction of sp³-hybridized carbons (Fsp3) is 0.600. The molecule has 0 aliphatic carbocycles. The monoisotopic (exact) mass is 356 g/mol. The zero-order valence-electron chi connectivity index (χ0n) is 15.5. The second-order valence-corrected chi connectivity index (χ2v) is 7.51. The lowest BCUT2D eigenvalue weighted by Gasteiger charge is -2.26. The Morgan fingerprint density at radius 2 is 2.08 bits per heavy atom. The van der Waals surface area contributed by atoms with Gasteiger partial charge in [-0.15, -0.1) is 0 Å². The lowest BCUT2D eigenvalue weighted by molar-refractivity contribution is -0.126. The first-order valence-electron chi connectivity index (χ1n) is 9.72. The average Bonchev–Trinajstić information content (AvgIpc) is 3.26. The minimum atomic E-state index is -0.0327. The molecular weight excluding hydrogens is 328 g/mol. The van der Waals surface area contributed by atoms with E-state index in [9.17, 15) is 4.79 Å². The summed E-state index contributed by atoms with van der Waals surface area (Å²) >= 11 is 0. The van der Waals surface area contributed by atoms with Crippen molar-refractivity contribution in [2.45, 2.75) is 38.3 Å². The van der Waals surface area contributed by atoms with Crippen LogP contribution in [0.1, 0.15) is 31.5 Å². The van der Waals surface area contributed by atoms with Gasteiger partial charge in [-0.3, -0.25) is 9.69 Å². The van der Waals surface area contributed by atoms with E-state index in [1.807, 2.05) is 18.2 Å². The predicted molar refractivity (Wildman–Crippen MR) is 101 cm³/mol. The van der Waals surface area contributed by atoms with Crippen LogP contribution in [0.15, 0.2) is 24.3 Å². The topological polar surface area (TPSA) is 59.4 Å². The second kappa shape index (κ2) is 7.76. The number of hydrogen-bond donors (Lipinski definition) is 1. The standard InChI is InChI=1S/C20H28N4O2/c1-23-17-6-3-2-5-16(17)22-19(23)14-24-10-4-7-18(24)20(25)21-13-15-8-11-26-12-9-15/h2-3,5-6,15,18H,4,7-14H2,1H3,(H,21,25). The first kappa shape index (κ1) is 17.5. The van der Waals surface area contributed by atoms with Crippen molar-refractivity contribution in [2.24, 2.45) is 13.0 Å². The van der Waals surface area contributed by atoms with Crippen LogP contribution in [0.25, 0.3) is 11.0 Å². The van der Waals surface area contributed by atoms with E-state index >= 15 is 0 Å². The molecule has 0 bridgehead atoms. The number of nitrogens with zero attached hydrogens (tertiary/aromatic N) is 3. The summed E-state index contributed by atoms with van der Waals surface area (Å²) in [5.41, 5.74) is 2.16. The Kier molecular flexibility index (Phi) is 5.22. The van der Waals surface area contributed by atoms with E-state index in [1.165, 1.54) is 0 Å². The molecule has 2 aromatic rings. The molecule has 2 saturated heterocycles. The highest BCUT2D eigenvalue weighted by Crippen LogP contribution is 2.22. The van der Waals surface area contributed by atoms with Gasteiger partial charge in [-0.25, -0.2) is 4.98 Å². The molecule has 0 radical (unpaired) electrons. The summed E-state index contributed by atoms with van der Waals surface area (Å²) in [5, 5.41) is 3.19. The third-order valence-electron chi connectivity index (χ3n) is 5.80. The van der Waals surface area contributed by atoms with Crippen molar-refractivity contribution >= 4 is 16.9 Å². The SMILES string of the molecule is Cn1c(CN2CCCC2C(=O)NCC2CCOCC2)nc2ccccc21. The Morgan fingerprint density at radius 1 is 1.27 bits per heavy atom. The molecule has 1 aromatic carbocycles. The van der Waals surface area contributed by atoms with E-state index in [-0.39, 0.29) is 11.9 Å². The van der Waals surface area contributed by atoms with Crippen LogP contribution in [0, 0.1) is 5.92 Å². The number of para-hydroxylation sites is 2. The van der Waals surface area contributed by atoms with Crippen molar-refractivity contribution in [1.82, 2.24) is 19.8 Å². The molecule has 6 nitrogen and oxygen atoms in total. The summed E-state index contributed by atoms with van der Waals surface area (Å²) in [6, 6.07) is 8.15. The Morgan fingerprint density at radius 3 is 2.88 bits per heavy atom. The number of nitrogens with one attached hydrogen (secondary N) is 1. The molecule has 0 saturated carbocycles. The number of imidazole rings is 1. The van der Waals surface area contributed by atoms with E-state index in [0.29, 0.717) is 5.92 Å². The molecule has 2 fully saturated rings. The summed E-state index contributed by atoms with van der Waals surface area (Å²) in [4.78, 5) is 19.8. The van der Waals surface area contributed by atoms with Crippen LogP contribution in [0.5, 0.6) is 0 Å². The molecule has 1 amide bonds. The van der Waals surface area contributed by atoms with Gasteiger partial charge in [-0.05, 0) is 50.3 Å². The van der Waals surface area contributed by atoms with Gasteiger partial charge in [-0.1, -0.05) is 12.1 Å². The van der Waals surface area contributed by atoms with Gasteiger partial charge in [0.15, 0.2) is 0 Å². The first-order valence-corrected chi connectivity index (χ1v) is 9.72. The number of aryl methyl sites for hydroxylation is 1. The Labute approximate surface area is 154 Å². The van der Waals surface area contributed by atoms with E-state index in [2.05, 4.69) is 27.9 Å². The molecule has 1 aromatic heterocycles. The van der Waals surface area contributed by atoms with Gasteiger partial charge >= 0.3 is 0 Å². The van der Waals surface area contributed by atoms with Crippen molar-refractivity contribution in [2.75, 3.05) is 26.3 Å². The van der Waals surface area contributed by atoms with Crippen LogP contribution in [0.4, 0.5) is 0 Å². The summed E-state index contributed by atoms with van der Waals surface area (Å²) in [6.45, 7) is 4.10. The van der Waals surface area contributed by atoms with E-state index < -0.39 is 0 Å². The number of fused-ring (bicyclic) bond motifs is 1. The second-order valence-electron chi connectivity index (χ2n) is 7.51. The molecule has 26 heavy (non-hydrogen) atoms. The number of amides is 1. The number of ether oxygens (including phenoxy) is 1. The van der Waals surface area contributed by atoms with E-state index in [0.717, 1.165) is 75.4 Å². The molecule has 6 heteroatoms. The number of carbonyl (C=O) groups is 1. The molecule has 2 aliphatic heterocycles. The fourth-order valence-electron chi connectivity index (χ4n) is 4.14. The van der Waals surface area contributed by atoms with Crippen LogP contribution < -0.4 is 5.32 Å². The lowest BCUT2D eigenvalue weighted by atomic mass is 10.0. The fourth-order valence-corrected chi connectivity index (χ4v) is 4.14. The molecule has 1 atom stereocenters. The van der Waals surface area contributed by atoms with Gasteiger partial charge in [0.25, 0.3) is 0 Å². The molecular formula is C20H28N4O2. The van der Waals surface area contributed by atoms with Gasteiger partial charge < -0.3 is 14.6 Å². The molecule has 1 unspecified atom stereocenters. The first-order chi connectivity index (χ1) is 12.7. The maximum absolute atomic E-state index is 12.7. The van der Waals surface area contributed by atoms with Gasteiger partial charge in [0.1, 0.15) is 5.82 Å². The van der Waals surface area contributed by atoms with Gasteiger partial charge in [0.05, 0.1) is 23.6 Å². The molecule has 4 rings (SSSR count). The molecule has 3 heterocycles. The lowest BCUT2D eigenvalue weighted by Crippen LogP contribution is -2.45. The zero-order valence-corrected chi connectivity index (χ0v) is 15.5. The summed E-state index contributed by atoms with van der Waals surface area (Å²) in [5.74, 6) is 1.76. The molecule has 140 valence electrons. The number of likely N-dealkylation sites (tertiary alicyclic amines) is 1. The van der Waals surface area contributed by atoms with Gasteiger partial charge in [0, 0.05) is 26.8 Å². The van der Waals surface area contributed by atoms with Crippen LogP contribution in [-0.4, -0.2) is 52.7 Å². The Balaban J connectivity index is 1.39. The smallest absolute Gasteiger partial charge is 0.237 e. The number of benzene rings is 1. The predicted octanol–water partition coefficient (Wildman–Crippen LogP) is 2.08. The van der Waals surface area contributed by atoms with Crippen molar-refractivity contribution in [3.8, 4) is 0 Å². The number of aromatic nitrogens is 2. The van der Waals surface area contributed by atoms with Crippen LogP contribution >= 0.6 is 0 Å². The number of rotatable bonds is 5. The van der Waals surface area contributed by atoms with Crippen molar-refractivity contribution in [3.63, 3.8) is 0 Å². The van der Waals surface area contributed by atoms with Crippen molar-refractivity contribution in [1.29, 1.82) is 0 Å². The maximum atomic E-state index is 12.7. The average molecular weight is 356 g/mol. The summed E-state index contributed by atoms with van der Waals surface area (Å²) < 4.78 is 7.54. The minimum Gasteiger partial charge on any atom is -0.381 e. The van der Waals surface area contributed by atoms with Crippen molar-refractivity contribution in [3.05, 3.63) is 30.1 Å². The third-order valence-corrected chi connectivity index (χ3v) is 5.80. The van der Waals surface area contributed by atoms with Crippen molar-refractivity contribution < 1.29 is 9.53 Å². The zero-order chi connectivity index (χ0) is 17.9. The quantitative estimate of drug-likeness (QED) is 0.891. The molecule has 0 spiro atoms. The molecule has 2 aliphatic rings. The van der Waals surface area contributed by atoms with E-state index in [1.54, 1.807) is 0 Å². The van der Waals surface area contributed by atoms with Gasteiger partial charge in [0.2, 0.25) is 5.91 Å². The highest BCUT2D eigenvalue weighted by molar-refractivity contribution is 5.82. The largest absolute Gasteiger partial charge is 0.381 e. The number of carbonyl (C=O) groups excluding carboxylic acids is 1. The normalized spacial score (nSPS) is 22.1. The number of hydrogen-bond acceptors (Lipinski definition) is 4. The van der Waals surface area contributed by atoms with Crippen LogP contribution in [-0.2, 0) is 23.1 Å². The molecule has 1 N–H and O–H groups in total. The third kappa shape index (κ3) is 3.62. The van der Waals surface area contributed by atoms with Crippen LogP contribution in [0.2, 0.25) is 0 Å². The Bertz CT molecular complexity index is 766. The van der Waals surface area contributed by atoms with Crippen LogP contribution in [0.3, 0.4) is 0 Å². The highest BCUT2D eigenvalue weighted by Gasteiger charge is 2.31. The summed E-state index contributed by atoms with van der Waals surface area (Å²) in [7, 11) is 2.06. The summed E-state index contributed by atoms with van der Waals surface area (Å²) in [6.07, 6.45) is 4.10. The Hall–Kier alpha value is -1.92. The van der Waals surface area contributed by atoms with E-state index in [4.69, 9.17) is 9.72 Å². The van der Waals surface area contributed by atoms with Gasteiger partial charge in [-0.2, -0.15) is 0 Å². The maximum Gasteiger partial charge on any atom is 0.237 e. The highest BCUT2D eigenvalue weighted by atomic mass is 16.5.